The van der Waals surface area contributed by atoms with Gasteiger partial charge in [-0.3, -0.25) is 10.1 Å². The van der Waals surface area contributed by atoms with E-state index < -0.39 is 14.9 Å². The molecule has 0 unspecified atom stereocenters. The van der Waals surface area contributed by atoms with Crippen molar-refractivity contribution in [3.63, 3.8) is 0 Å². The number of anilines is 1. The summed E-state index contributed by atoms with van der Waals surface area (Å²) in [6.07, 6.45) is 0.313. The van der Waals surface area contributed by atoms with E-state index >= 15 is 0 Å². The largest absolute Gasteiger partial charge is 0.384 e. The van der Waals surface area contributed by atoms with Crippen LogP contribution in [0.25, 0.3) is 0 Å². The van der Waals surface area contributed by atoms with Gasteiger partial charge in [0, 0.05) is 18.7 Å². The average Bonchev–Trinajstić information content (AvgIpc) is 2.48. The molecule has 0 saturated heterocycles. The van der Waals surface area contributed by atoms with Crippen LogP contribution in [0.1, 0.15) is 5.56 Å². The van der Waals surface area contributed by atoms with E-state index in [0.717, 1.165) is 6.07 Å². The molecule has 3 N–H and O–H groups in total. The molecule has 2 aromatic rings. The third kappa shape index (κ3) is 4.24. The molecule has 0 atom stereocenters. The molecule has 0 aliphatic rings. The summed E-state index contributed by atoms with van der Waals surface area (Å²) in [6, 6.07) is 9.53. The monoisotopic (exact) mass is 339 g/mol. The minimum absolute atomic E-state index is 0.134. The van der Waals surface area contributed by atoms with Crippen LogP contribution in [0.2, 0.25) is 0 Å². The van der Waals surface area contributed by atoms with Gasteiger partial charge >= 0.3 is 0 Å². The number of nitrogens with two attached hydrogens (primary N) is 1. The molecular weight excluding hydrogens is 325 g/mol. The first-order valence-electron chi connectivity index (χ1n) is 6.57. The van der Waals surface area contributed by atoms with E-state index in [1.807, 2.05) is 0 Å². The zero-order valence-electron chi connectivity index (χ0n) is 11.9. The van der Waals surface area contributed by atoms with Crippen LogP contribution in [0, 0.1) is 15.9 Å². The SMILES string of the molecule is NS(=O)(=O)c1cc([N+](=O)[O-])ccc1NCCc1ccccc1F. The highest BCUT2D eigenvalue weighted by Gasteiger charge is 2.18. The summed E-state index contributed by atoms with van der Waals surface area (Å²) < 4.78 is 36.6. The molecule has 0 fully saturated rings. The van der Waals surface area contributed by atoms with E-state index in [1.54, 1.807) is 18.2 Å². The maximum absolute atomic E-state index is 13.5. The van der Waals surface area contributed by atoms with Crippen LogP contribution in [-0.4, -0.2) is 19.9 Å². The number of nitrogens with zero attached hydrogens (tertiary/aromatic N) is 1. The maximum Gasteiger partial charge on any atom is 0.270 e. The van der Waals surface area contributed by atoms with E-state index in [4.69, 9.17) is 5.14 Å². The Bertz CT molecular complexity index is 840. The first kappa shape index (κ1) is 16.8. The summed E-state index contributed by atoms with van der Waals surface area (Å²) in [4.78, 5) is 9.65. The number of non-ortho nitro benzene ring substituents is 1. The second-order valence-corrected chi connectivity index (χ2v) is 6.28. The van der Waals surface area contributed by atoms with Crippen LogP contribution in [0.5, 0.6) is 0 Å². The lowest BCUT2D eigenvalue weighted by Gasteiger charge is -2.11. The fraction of sp³-hybridized carbons (Fsp3) is 0.143. The van der Waals surface area contributed by atoms with Crippen molar-refractivity contribution in [2.75, 3.05) is 11.9 Å². The Morgan fingerprint density at radius 2 is 1.91 bits per heavy atom. The van der Waals surface area contributed by atoms with Gasteiger partial charge in [0.05, 0.1) is 10.6 Å². The predicted octanol–water partition coefficient (Wildman–Crippen LogP) is 2.04. The molecule has 0 amide bonds. The Kier molecular flexibility index (Phi) is 4.92. The molecule has 0 aliphatic carbocycles. The second kappa shape index (κ2) is 6.71. The van der Waals surface area contributed by atoms with Gasteiger partial charge in [0.2, 0.25) is 10.0 Å². The number of halogens is 1. The van der Waals surface area contributed by atoms with Crippen molar-refractivity contribution in [2.45, 2.75) is 11.3 Å². The van der Waals surface area contributed by atoms with Gasteiger partial charge in [-0.15, -0.1) is 0 Å². The number of nitrogens with one attached hydrogen (secondary N) is 1. The predicted molar refractivity (Wildman–Crippen MR) is 83.1 cm³/mol. The molecule has 2 rings (SSSR count). The zero-order valence-corrected chi connectivity index (χ0v) is 12.7. The highest BCUT2D eigenvalue weighted by molar-refractivity contribution is 7.89. The van der Waals surface area contributed by atoms with Crippen molar-refractivity contribution in [1.82, 2.24) is 0 Å². The van der Waals surface area contributed by atoms with Crippen LogP contribution in [0.15, 0.2) is 47.4 Å². The number of primary sulfonamides is 1. The molecule has 0 radical (unpaired) electrons. The van der Waals surface area contributed by atoms with Crippen LogP contribution < -0.4 is 10.5 Å². The van der Waals surface area contributed by atoms with Gasteiger partial charge in [-0.25, -0.2) is 17.9 Å². The lowest BCUT2D eigenvalue weighted by Crippen LogP contribution is -2.16. The fourth-order valence-electron chi connectivity index (χ4n) is 2.04. The molecule has 0 heterocycles. The van der Waals surface area contributed by atoms with Gasteiger partial charge in [-0.05, 0) is 24.1 Å². The minimum atomic E-state index is -4.13. The van der Waals surface area contributed by atoms with Gasteiger partial charge in [-0.1, -0.05) is 18.2 Å². The van der Waals surface area contributed by atoms with E-state index in [1.165, 1.54) is 18.2 Å². The van der Waals surface area contributed by atoms with E-state index in [2.05, 4.69) is 5.32 Å². The number of hydrogen-bond acceptors (Lipinski definition) is 5. The Balaban J connectivity index is 2.19. The maximum atomic E-state index is 13.5. The minimum Gasteiger partial charge on any atom is -0.384 e. The molecule has 0 saturated carbocycles. The summed E-state index contributed by atoms with van der Waals surface area (Å²) in [5, 5.41) is 18.6. The summed E-state index contributed by atoms with van der Waals surface area (Å²) in [7, 11) is -4.13. The van der Waals surface area contributed by atoms with Gasteiger partial charge < -0.3 is 5.32 Å². The van der Waals surface area contributed by atoms with Crippen LogP contribution in [0.4, 0.5) is 15.8 Å². The summed E-state index contributed by atoms with van der Waals surface area (Å²) in [5.41, 5.74) is 0.224. The normalized spacial score (nSPS) is 11.2. The van der Waals surface area contributed by atoms with Crippen LogP contribution >= 0.6 is 0 Å². The van der Waals surface area contributed by atoms with Gasteiger partial charge in [0.25, 0.3) is 5.69 Å². The first-order chi connectivity index (χ1) is 10.8. The molecule has 0 bridgehead atoms. The third-order valence-corrected chi connectivity index (χ3v) is 4.10. The smallest absolute Gasteiger partial charge is 0.270 e. The number of rotatable bonds is 6. The van der Waals surface area contributed by atoms with Crippen molar-refractivity contribution in [1.29, 1.82) is 0 Å². The lowest BCUT2D eigenvalue weighted by molar-refractivity contribution is -0.385. The zero-order chi connectivity index (χ0) is 17.0. The fourth-order valence-corrected chi connectivity index (χ4v) is 2.77. The van der Waals surface area contributed by atoms with E-state index in [-0.39, 0.29) is 28.6 Å². The standard InChI is InChI=1S/C14H14FN3O4S/c15-12-4-2-1-3-10(12)7-8-17-13-6-5-11(18(19)20)9-14(13)23(16,21)22/h1-6,9,17H,7-8H2,(H2,16,21,22). The van der Waals surface area contributed by atoms with Crippen molar-refractivity contribution in [2.24, 2.45) is 5.14 Å². The van der Waals surface area contributed by atoms with Crippen molar-refractivity contribution in [3.8, 4) is 0 Å². The molecule has 0 aliphatic heterocycles. The lowest BCUT2D eigenvalue weighted by atomic mass is 10.1. The van der Waals surface area contributed by atoms with E-state index in [9.17, 15) is 22.9 Å². The Morgan fingerprint density at radius 1 is 1.22 bits per heavy atom. The quantitative estimate of drug-likeness (QED) is 0.617. The van der Waals surface area contributed by atoms with Gasteiger partial charge in [0.15, 0.2) is 0 Å². The molecule has 0 aromatic heterocycles. The second-order valence-electron chi connectivity index (χ2n) is 4.75. The molecule has 7 nitrogen and oxygen atoms in total. The molecule has 23 heavy (non-hydrogen) atoms. The average molecular weight is 339 g/mol. The molecule has 0 spiro atoms. The Morgan fingerprint density at radius 3 is 2.52 bits per heavy atom. The molecule has 122 valence electrons. The molecule has 9 heteroatoms. The number of nitro groups is 1. The number of benzene rings is 2. The molecule has 2 aromatic carbocycles. The summed E-state index contributed by atoms with van der Waals surface area (Å²) >= 11 is 0. The highest BCUT2D eigenvalue weighted by atomic mass is 32.2. The summed E-state index contributed by atoms with van der Waals surface area (Å²) in [5.74, 6) is -0.357. The number of hydrogen-bond donors (Lipinski definition) is 2. The summed E-state index contributed by atoms with van der Waals surface area (Å²) in [6.45, 7) is 0.237. The number of sulfonamides is 1. The number of nitro benzene ring substituents is 1. The van der Waals surface area contributed by atoms with Gasteiger partial charge in [0.1, 0.15) is 10.7 Å². The van der Waals surface area contributed by atoms with Crippen molar-refractivity contribution < 1.29 is 17.7 Å². The van der Waals surface area contributed by atoms with Crippen LogP contribution in [0.3, 0.4) is 0 Å². The van der Waals surface area contributed by atoms with Gasteiger partial charge in [-0.2, -0.15) is 0 Å². The highest BCUT2D eigenvalue weighted by Crippen LogP contribution is 2.25. The third-order valence-electron chi connectivity index (χ3n) is 3.15. The Hall–Kier alpha value is -2.52. The van der Waals surface area contributed by atoms with Crippen LogP contribution in [-0.2, 0) is 16.4 Å². The Labute approximate surface area is 132 Å². The molecular formula is C14H14FN3O4S. The van der Waals surface area contributed by atoms with E-state index in [0.29, 0.717) is 12.0 Å². The van der Waals surface area contributed by atoms with Crippen molar-refractivity contribution >= 4 is 21.4 Å². The van der Waals surface area contributed by atoms with Crippen molar-refractivity contribution in [3.05, 3.63) is 64.0 Å². The topological polar surface area (TPSA) is 115 Å². The first-order valence-corrected chi connectivity index (χ1v) is 8.12.